The zero-order valence-electron chi connectivity index (χ0n) is 14.6. The van der Waals surface area contributed by atoms with Gasteiger partial charge in [-0.25, -0.2) is 0 Å². The molecule has 1 fully saturated rings. The third kappa shape index (κ3) is 6.02. The second-order valence-electron chi connectivity index (χ2n) is 5.88. The number of benzene rings is 1. The summed E-state index contributed by atoms with van der Waals surface area (Å²) >= 11 is 0. The van der Waals surface area contributed by atoms with Gasteiger partial charge in [-0.3, -0.25) is 4.79 Å². The molecule has 0 aliphatic carbocycles. The van der Waals surface area contributed by atoms with Gasteiger partial charge in [0, 0.05) is 26.1 Å². The first-order valence-electron chi connectivity index (χ1n) is 8.53. The Hall–Kier alpha value is -1.79. The van der Waals surface area contributed by atoms with Gasteiger partial charge < -0.3 is 24.8 Å². The van der Waals surface area contributed by atoms with Crippen LogP contribution < -0.4 is 20.1 Å². The fourth-order valence-electron chi connectivity index (χ4n) is 2.72. The SMILES string of the molecule is COc1ccc(CCNCCC(=O)NCC2CCCO2)cc1OC. The van der Waals surface area contributed by atoms with Gasteiger partial charge in [-0.1, -0.05) is 6.07 Å². The highest BCUT2D eigenvalue weighted by molar-refractivity contribution is 5.76. The minimum atomic E-state index is 0.0733. The lowest BCUT2D eigenvalue weighted by Crippen LogP contribution is -2.33. The van der Waals surface area contributed by atoms with E-state index >= 15 is 0 Å². The van der Waals surface area contributed by atoms with Crippen LogP contribution in [0.1, 0.15) is 24.8 Å². The number of methoxy groups -OCH3 is 2. The van der Waals surface area contributed by atoms with E-state index in [9.17, 15) is 4.79 Å². The average molecular weight is 336 g/mol. The van der Waals surface area contributed by atoms with Crippen LogP contribution in [0.5, 0.6) is 11.5 Å². The lowest BCUT2D eigenvalue weighted by atomic mass is 10.1. The van der Waals surface area contributed by atoms with Gasteiger partial charge in [0.25, 0.3) is 0 Å². The Morgan fingerprint density at radius 3 is 2.79 bits per heavy atom. The summed E-state index contributed by atoms with van der Waals surface area (Å²) in [6.07, 6.45) is 3.70. The van der Waals surface area contributed by atoms with Crippen LogP contribution >= 0.6 is 0 Å². The van der Waals surface area contributed by atoms with Crippen molar-refractivity contribution >= 4 is 5.91 Å². The Kier molecular flexibility index (Phi) is 7.85. The molecule has 0 saturated carbocycles. The number of hydrogen-bond acceptors (Lipinski definition) is 5. The Morgan fingerprint density at radius 2 is 2.08 bits per heavy atom. The largest absolute Gasteiger partial charge is 0.493 e. The summed E-state index contributed by atoms with van der Waals surface area (Å²) in [5, 5.41) is 6.22. The minimum absolute atomic E-state index is 0.0733. The molecule has 1 aliphatic rings. The normalized spacial score (nSPS) is 16.8. The predicted molar refractivity (Wildman–Crippen MR) is 92.7 cm³/mol. The molecule has 2 rings (SSSR count). The van der Waals surface area contributed by atoms with Crippen molar-refractivity contribution < 1.29 is 19.0 Å². The predicted octanol–water partition coefficient (Wildman–Crippen LogP) is 1.52. The van der Waals surface area contributed by atoms with Crippen molar-refractivity contribution in [1.82, 2.24) is 10.6 Å². The summed E-state index contributed by atoms with van der Waals surface area (Å²) in [5.41, 5.74) is 1.17. The monoisotopic (exact) mass is 336 g/mol. The lowest BCUT2D eigenvalue weighted by molar-refractivity contribution is -0.121. The quantitative estimate of drug-likeness (QED) is 0.634. The maximum absolute atomic E-state index is 11.7. The van der Waals surface area contributed by atoms with Gasteiger partial charge in [-0.05, 0) is 43.5 Å². The highest BCUT2D eigenvalue weighted by Crippen LogP contribution is 2.27. The van der Waals surface area contributed by atoms with Crippen molar-refractivity contribution in [2.45, 2.75) is 31.8 Å². The summed E-state index contributed by atoms with van der Waals surface area (Å²) < 4.78 is 16.0. The molecule has 0 radical (unpaired) electrons. The van der Waals surface area contributed by atoms with Crippen LogP contribution in [0.2, 0.25) is 0 Å². The van der Waals surface area contributed by atoms with E-state index in [0.717, 1.165) is 43.9 Å². The number of carbonyl (C=O) groups is 1. The average Bonchev–Trinajstić information content (AvgIpc) is 3.13. The fourth-order valence-corrected chi connectivity index (χ4v) is 2.72. The first-order valence-corrected chi connectivity index (χ1v) is 8.53. The first-order chi connectivity index (χ1) is 11.7. The Balaban J connectivity index is 1.58. The molecule has 6 heteroatoms. The van der Waals surface area contributed by atoms with Crippen LogP contribution in [0, 0.1) is 0 Å². The summed E-state index contributed by atoms with van der Waals surface area (Å²) in [7, 11) is 3.26. The van der Waals surface area contributed by atoms with Gasteiger partial charge in [-0.15, -0.1) is 0 Å². The topological polar surface area (TPSA) is 68.8 Å². The molecule has 1 aliphatic heterocycles. The van der Waals surface area contributed by atoms with E-state index in [-0.39, 0.29) is 12.0 Å². The van der Waals surface area contributed by atoms with E-state index in [1.807, 2.05) is 18.2 Å². The van der Waals surface area contributed by atoms with E-state index in [1.54, 1.807) is 14.2 Å². The van der Waals surface area contributed by atoms with Gasteiger partial charge in [0.15, 0.2) is 11.5 Å². The Morgan fingerprint density at radius 1 is 1.25 bits per heavy atom. The Bertz CT molecular complexity index is 516. The molecule has 1 atom stereocenters. The molecule has 1 aromatic carbocycles. The Labute approximate surface area is 143 Å². The van der Waals surface area contributed by atoms with Crippen molar-refractivity contribution in [3.63, 3.8) is 0 Å². The zero-order chi connectivity index (χ0) is 17.2. The van der Waals surface area contributed by atoms with Crippen LogP contribution in [0.25, 0.3) is 0 Å². The molecule has 134 valence electrons. The maximum atomic E-state index is 11.7. The fraction of sp³-hybridized carbons (Fsp3) is 0.611. The number of hydrogen-bond donors (Lipinski definition) is 2. The second-order valence-corrected chi connectivity index (χ2v) is 5.88. The molecule has 1 amide bonds. The van der Waals surface area contributed by atoms with Gasteiger partial charge in [-0.2, -0.15) is 0 Å². The summed E-state index contributed by atoms with van der Waals surface area (Å²) in [4.78, 5) is 11.7. The third-order valence-electron chi connectivity index (χ3n) is 4.12. The molecular formula is C18H28N2O4. The first kappa shape index (κ1) is 18.5. The van der Waals surface area contributed by atoms with Gasteiger partial charge in [0.1, 0.15) is 0 Å². The van der Waals surface area contributed by atoms with Crippen LogP contribution in [-0.2, 0) is 16.0 Å². The highest BCUT2D eigenvalue weighted by atomic mass is 16.5. The van der Waals surface area contributed by atoms with E-state index in [2.05, 4.69) is 10.6 Å². The molecule has 1 heterocycles. The van der Waals surface area contributed by atoms with E-state index in [4.69, 9.17) is 14.2 Å². The molecular weight excluding hydrogens is 308 g/mol. The minimum Gasteiger partial charge on any atom is -0.493 e. The molecule has 2 N–H and O–H groups in total. The van der Waals surface area contributed by atoms with Crippen LogP contribution in [0.15, 0.2) is 18.2 Å². The van der Waals surface area contributed by atoms with Crippen molar-refractivity contribution in [2.75, 3.05) is 40.5 Å². The number of rotatable bonds is 10. The highest BCUT2D eigenvalue weighted by Gasteiger charge is 2.15. The molecule has 1 saturated heterocycles. The number of ether oxygens (including phenoxy) is 3. The summed E-state index contributed by atoms with van der Waals surface area (Å²) in [5.74, 6) is 1.55. The van der Waals surface area contributed by atoms with Crippen molar-refractivity contribution in [3.8, 4) is 11.5 Å². The summed E-state index contributed by atoms with van der Waals surface area (Å²) in [6.45, 7) is 2.93. The lowest BCUT2D eigenvalue weighted by Gasteiger charge is -2.11. The number of amides is 1. The number of nitrogens with one attached hydrogen (secondary N) is 2. The van der Waals surface area contributed by atoms with E-state index in [0.29, 0.717) is 19.5 Å². The standard InChI is InChI=1S/C18H28N2O4/c1-22-16-6-5-14(12-17(16)23-2)7-9-19-10-8-18(21)20-13-15-4-3-11-24-15/h5-6,12,15,19H,3-4,7-11,13H2,1-2H3,(H,20,21). The van der Waals surface area contributed by atoms with Gasteiger partial charge >= 0.3 is 0 Å². The van der Waals surface area contributed by atoms with E-state index in [1.165, 1.54) is 5.56 Å². The molecule has 1 aromatic rings. The van der Waals surface area contributed by atoms with Crippen LogP contribution in [0.4, 0.5) is 0 Å². The molecule has 0 bridgehead atoms. The summed E-state index contributed by atoms with van der Waals surface area (Å²) in [6, 6.07) is 5.92. The van der Waals surface area contributed by atoms with E-state index < -0.39 is 0 Å². The van der Waals surface area contributed by atoms with Crippen molar-refractivity contribution in [1.29, 1.82) is 0 Å². The third-order valence-corrected chi connectivity index (χ3v) is 4.12. The maximum Gasteiger partial charge on any atom is 0.221 e. The zero-order valence-corrected chi connectivity index (χ0v) is 14.6. The van der Waals surface area contributed by atoms with Crippen molar-refractivity contribution in [3.05, 3.63) is 23.8 Å². The van der Waals surface area contributed by atoms with Gasteiger partial charge in [0.05, 0.1) is 20.3 Å². The molecule has 0 spiro atoms. The smallest absolute Gasteiger partial charge is 0.221 e. The molecule has 24 heavy (non-hydrogen) atoms. The second kappa shape index (κ2) is 10.2. The van der Waals surface area contributed by atoms with Crippen LogP contribution in [-0.4, -0.2) is 52.5 Å². The van der Waals surface area contributed by atoms with Crippen LogP contribution in [0.3, 0.4) is 0 Å². The number of carbonyl (C=O) groups excluding carboxylic acids is 1. The van der Waals surface area contributed by atoms with Crippen molar-refractivity contribution in [2.24, 2.45) is 0 Å². The van der Waals surface area contributed by atoms with Gasteiger partial charge in [0.2, 0.25) is 5.91 Å². The molecule has 6 nitrogen and oxygen atoms in total. The molecule has 0 aromatic heterocycles. The molecule has 1 unspecified atom stereocenters.